The molecule has 0 spiro atoms. The number of fused-ring (bicyclic) bond motifs is 8. The first-order valence-electron chi connectivity index (χ1n) is 36.0. The number of pyridine rings is 2. The summed E-state index contributed by atoms with van der Waals surface area (Å²) < 4.78 is 42.9. The molecule has 0 bridgehead atoms. The number of halogens is 5. The monoisotopic (exact) mass is 1700 g/mol. The molecule has 12 nitrogen and oxygen atoms in total. The fourth-order valence-corrected chi connectivity index (χ4v) is 14.3. The lowest BCUT2D eigenvalue weighted by atomic mass is 9.82. The van der Waals surface area contributed by atoms with Gasteiger partial charge in [0, 0.05) is 92.6 Å². The molecule has 7 aromatic heterocycles. The molecule has 0 fully saturated rings. The van der Waals surface area contributed by atoms with Crippen molar-refractivity contribution in [3.05, 3.63) is 356 Å². The molecule has 510 valence electrons. The molecular weight excluding hydrogens is 1640 g/mol. The van der Waals surface area contributed by atoms with Crippen LogP contribution in [0.15, 0.2) is 345 Å². The van der Waals surface area contributed by atoms with Crippen molar-refractivity contribution < 1.29 is 6.85 Å². The average molecular weight is 1700 g/mol. The molecule has 0 aliphatic heterocycles. The van der Waals surface area contributed by atoms with Gasteiger partial charge < -0.3 is 0 Å². The lowest BCUT2D eigenvalue weighted by Crippen LogP contribution is -2.15. The number of hydrogen-bond donors (Lipinski definition) is 0. The van der Waals surface area contributed by atoms with E-state index in [0.717, 1.165) is 109 Å². The van der Waals surface area contributed by atoms with Gasteiger partial charge in [0.05, 0.1) is 51.9 Å². The minimum atomic E-state index is -0.420. The minimum Gasteiger partial charge on any atom is -0.236 e. The summed E-state index contributed by atoms with van der Waals surface area (Å²) in [7, 11) is 0. The van der Waals surface area contributed by atoms with Crippen LogP contribution in [0.25, 0.3) is 145 Å². The van der Waals surface area contributed by atoms with Crippen LogP contribution in [0, 0.1) is 0 Å². The summed E-state index contributed by atoms with van der Waals surface area (Å²) in [5.41, 5.74) is 19.7. The predicted molar refractivity (Wildman–Crippen MR) is 447 cm³/mol. The number of benzene rings is 11. The molecule has 1 aliphatic carbocycles. The molecule has 106 heavy (non-hydrogen) atoms. The maximum absolute atomic E-state index is 8.07. The molecule has 1 aliphatic rings. The Bertz CT molecular complexity index is 6370. The van der Waals surface area contributed by atoms with Crippen molar-refractivity contribution in [1.29, 1.82) is 0 Å². The van der Waals surface area contributed by atoms with Gasteiger partial charge in [0.15, 0.2) is 37.1 Å². The SMILES string of the molecule is Brc1ccc(-c2nc(-c3ccccc3)c3ccccc3n2)cc1.Brc1nc(-c2ccccc2)c2cccnc2n1.Brc1nc(-c2ccccc2)c2cccnc2n1.CC1(C)c2cc(Br)ccc2-c2ccc(-c3nc(-c4ccccc4)c4ccccc4n3)cc21.[2H]c1c([2H])c([2H])c(-c2nc(Br)nc3ccccc23)c([2H])c1[2H]. The predicted octanol–water partition coefficient (Wildman–Crippen LogP) is 24.7. The van der Waals surface area contributed by atoms with Crippen molar-refractivity contribution in [2.75, 3.05) is 0 Å². The van der Waals surface area contributed by atoms with E-state index in [-0.39, 0.29) is 35.1 Å². The van der Waals surface area contributed by atoms with Crippen LogP contribution in [0.4, 0.5) is 0 Å². The number of aromatic nitrogens is 12. The molecule has 0 saturated heterocycles. The van der Waals surface area contributed by atoms with Crippen LogP contribution in [0.5, 0.6) is 0 Å². The molecule has 18 aromatic rings. The van der Waals surface area contributed by atoms with Crippen LogP contribution in [0.2, 0.25) is 0 Å². The van der Waals surface area contributed by atoms with Crippen molar-refractivity contribution in [1.82, 2.24) is 59.8 Å². The third-order valence-electron chi connectivity index (χ3n) is 17.6. The summed E-state index contributed by atoms with van der Waals surface area (Å²) in [6.45, 7) is 4.59. The summed E-state index contributed by atoms with van der Waals surface area (Å²) in [5.74, 6) is 1.51. The molecule has 0 radical (unpaired) electrons. The van der Waals surface area contributed by atoms with E-state index in [9.17, 15) is 0 Å². The highest BCUT2D eigenvalue weighted by molar-refractivity contribution is 9.11. The van der Waals surface area contributed by atoms with E-state index in [1.54, 1.807) is 30.6 Å². The van der Waals surface area contributed by atoms with E-state index in [1.807, 2.05) is 170 Å². The number of nitrogens with zero attached hydrogens (tertiary/aromatic N) is 12. The Hall–Kier alpha value is -11.2. The zero-order chi connectivity index (χ0) is 76.9. The number of hydrogen-bond acceptors (Lipinski definition) is 12. The van der Waals surface area contributed by atoms with Gasteiger partial charge in [-0.05, 0) is 143 Å². The second-order valence-corrected chi connectivity index (χ2v) is 28.6. The smallest absolute Gasteiger partial charge is 0.199 e. The summed E-state index contributed by atoms with van der Waals surface area (Å²) in [5, 5.41) is 4.69. The van der Waals surface area contributed by atoms with Crippen LogP contribution in [0.1, 0.15) is 31.8 Å². The second kappa shape index (κ2) is 32.0. The van der Waals surface area contributed by atoms with Crippen LogP contribution in [-0.4, -0.2) is 59.8 Å². The highest BCUT2D eigenvalue weighted by Gasteiger charge is 2.36. The van der Waals surface area contributed by atoms with E-state index in [0.29, 0.717) is 42.1 Å². The Morgan fingerprint density at radius 2 is 0.623 bits per heavy atom. The third-order valence-corrected chi connectivity index (χ3v) is 19.7. The molecule has 0 N–H and O–H groups in total. The summed E-state index contributed by atoms with van der Waals surface area (Å²) in [6, 6.07) is 91.6. The Kier molecular flexibility index (Phi) is 19.5. The minimum absolute atomic E-state index is 0.0744. The van der Waals surface area contributed by atoms with Crippen molar-refractivity contribution in [2.24, 2.45) is 0 Å². The maximum Gasteiger partial charge on any atom is 0.199 e. The topological polar surface area (TPSA) is 155 Å². The Morgan fingerprint density at radius 3 is 1.08 bits per heavy atom. The van der Waals surface area contributed by atoms with Gasteiger partial charge in [-0.25, -0.2) is 59.8 Å². The zero-order valence-corrected chi connectivity index (χ0v) is 64.4. The number of rotatable bonds is 7. The highest BCUT2D eigenvalue weighted by atomic mass is 79.9. The first-order chi connectivity index (χ1) is 53.9. The average Bonchev–Trinajstić information content (AvgIpc) is 1.57. The largest absolute Gasteiger partial charge is 0.236 e. The fraction of sp³-hybridized carbons (Fsp3) is 0.0337. The van der Waals surface area contributed by atoms with Crippen molar-refractivity contribution in [3.8, 4) is 90.2 Å². The van der Waals surface area contributed by atoms with Crippen LogP contribution in [0.3, 0.4) is 0 Å². The normalized spacial score (nSPS) is 12.3. The molecule has 19 rings (SSSR count). The van der Waals surface area contributed by atoms with Crippen LogP contribution < -0.4 is 0 Å². The van der Waals surface area contributed by atoms with Gasteiger partial charge >= 0.3 is 0 Å². The van der Waals surface area contributed by atoms with Gasteiger partial charge in [-0.2, -0.15) is 0 Å². The first-order valence-corrected chi connectivity index (χ1v) is 37.4. The molecule has 0 unspecified atom stereocenters. The van der Waals surface area contributed by atoms with E-state index in [4.69, 9.17) is 26.8 Å². The molecular formula is C89H59Br5N12. The highest BCUT2D eigenvalue weighted by Crippen LogP contribution is 2.50. The van der Waals surface area contributed by atoms with Crippen molar-refractivity contribution >= 4 is 134 Å². The van der Waals surface area contributed by atoms with Crippen molar-refractivity contribution in [3.63, 3.8) is 0 Å². The van der Waals surface area contributed by atoms with Gasteiger partial charge in [-0.15, -0.1) is 0 Å². The summed E-state index contributed by atoms with van der Waals surface area (Å²) in [6.07, 6.45) is 3.47. The molecule has 0 saturated carbocycles. The van der Waals surface area contributed by atoms with E-state index in [2.05, 4.69) is 224 Å². The zero-order valence-electron chi connectivity index (χ0n) is 61.5. The molecule has 17 heteroatoms. The molecule has 0 amide bonds. The van der Waals surface area contributed by atoms with Gasteiger partial charge in [0.25, 0.3) is 0 Å². The van der Waals surface area contributed by atoms with E-state index < -0.39 is 6.04 Å². The van der Waals surface area contributed by atoms with Gasteiger partial charge in [0.2, 0.25) is 0 Å². The van der Waals surface area contributed by atoms with Crippen LogP contribution in [-0.2, 0) is 5.41 Å². The Morgan fingerprint density at radius 1 is 0.274 bits per heavy atom. The van der Waals surface area contributed by atoms with Gasteiger partial charge in [-0.3, -0.25) is 0 Å². The third kappa shape index (κ3) is 15.6. The quantitative estimate of drug-likeness (QED) is 0.139. The summed E-state index contributed by atoms with van der Waals surface area (Å²) >= 11 is 17.0. The lowest BCUT2D eigenvalue weighted by molar-refractivity contribution is 0.660. The van der Waals surface area contributed by atoms with Gasteiger partial charge in [-0.1, -0.05) is 282 Å². The summed E-state index contributed by atoms with van der Waals surface area (Å²) in [4.78, 5) is 53.9. The van der Waals surface area contributed by atoms with Crippen molar-refractivity contribution in [2.45, 2.75) is 19.3 Å². The molecule has 7 heterocycles. The lowest BCUT2D eigenvalue weighted by Gasteiger charge is -2.22. The Labute approximate surface area is 661 Å². The standard InChI is InChI=1S/C29H21BrN2.C20H13BrN2.C14H9BrN2.2C13H8BrN3/c1-29(2)24-16-19(12-14-21(24)22-15-13-20(30)17-25(22)29)28-31-26-11-7-6-10-23(26)27(32-28)18-8-4-3-5-9-18;21-16-12-10-15(11-13-16)20-22-18-9-5-4-8-17(18)19(23-20)14-6-2-1-3-7-14;15-14-16-12-9-5-4-8-11(12)13(17-14)10-6-2-1-3-7-10;2*14-13-16-11(9-5-2-1-3-6-9)10-7-4-8-15-12(10)17-13/h3-17H,1-2H3;1-13H;1-9H;2*1-8H/i;;1D,2D,3D,6D,7D;;. The fourth-order valence-electron chi connectivity index (χ4n) is 12.6. The maximum atomic E-state index is 8.07. The molecule has 11 aromatic carbocycles. The first kappa shape index (κ1) is 64.4. The van der Waals surface area contributed by atoms with Crippen LogP contribution >= 0.6 is 79.6 Å². The molecule has 0 atom stereocenters. The Balaban J connectivity index is 0.000000112. The second-order valence-electron chi connectivity index (χ2n) is 24.7. The van der Waals surface area contributed by atoms with E-state index >= 15 is 0 Å². The number of para-hydroxylation sites is 3. The van der Waals surface area contributed by atoms with Gasteiger partial charge in [0.1, 0.15) is 0 Å². The van der Waals surface area contributed by atoms with E-state index in [1.165, 1.54) is 22.3 Å².